The van der Waals surface area contributed by atoms with Crippen molar-refractivity contribution < 1.29 is 13.9 Å². The molecule has 0 spiro atoms. The minimum Gasteiger partial charge on any atom is -0.379 e. The van der Waals surface area contributed by atoms with Crippen molar-refractivity contribution in [2.24, 2.45) is 0 Å². The van der Waals surface area contributed by atoms with Gasteiger partial charge in [-0.15, -0.1) is 0 Å². The van der Waals surface area contributed by atoms with Crippen molar-refractivity contribution in [1.82, 2.24) is 25.8 Å². The summed E-state index contributed by atoms with van der Waals surface area (Å²) in [6.07, 6.45) is 0. The average Bonchev–Trinajstić information content (AvgIpc) is 2.84. The van der Waals surface area contributed by atoms with E-state index in [9.17, 15) is 4.79 Å². The number of nitrogens with zero attached hydrogens (tertiary/aromatic N) is 4. The maximum atomic E-state index is 11.5. The van der Waals surface area contributed by atoms with Crippen molar-refractivity contribution in [3.8, 4) is 0 Å². The van der Waals surface area contributed by atoms with Gasteiger partial charge in [-0.2, -0.15) is 4.98 Å². The number of aromatic nitrogens is 4. The fraction of sp³-hybridized carbons (Fsp3) is 0.286. The molecule has 0 unspecified atom stereocenters. The molecule has 84 valence electrons. The molecule has 3 N–H and O–H groups in total. The van der Waals surface area contributed by atoms with E-state index in [0.29, 0.717) is 11.7 Å². The number of anilines is 1. The second-order valence-electron chi connectivity index (χ2n) is 2.92. The zero-order chi connectivity index (χ0) is 11.5. The van der Waals surface area contributed by atoms with Crippen molar-refractivity contribution in [3.63, 3.8) is 0 Å². The summed E-state index contributed by atoms with van der Waals surface area (Å²) in [7, 11) is 0. The minimum absolute atomic E-state index is 0.0702. The molecule has 16 heavy (non-hydrogen) atoms. The van der Waals surface area contributed by atoms with Crippen LogP contribution in [-0.2, 0) is 6.54 Å². The van der Waals surface area contributed by atoms with Crippen LogP contribution in [0.15, 0.2) is 9.15 Å². The standard InChI is InChI=1S/C7H8N6O3/c1-3-10-4(15-11-3)2-9-7(14)5-6(8)13-16-12-5/h2H2,1H3,(H2,8,13)(H,9,14). The molecule has 0 saturated carbocycles. The van der Waals surface area contributed by atoms with Crippen LogP contribution < -0.4 is 11.1 Å². The van der Waals surface area contributed by atoms with Gasteiger partial charge in [-0.3, -0.25) is 4.79 Å². The molecular weight excluding hydrogens is 216 g/mol. The molecule has 9 nitrogen and oxygen atoms in total. The molecule has 0 aliphatic heterocycles. The van der Waals surface area contributed by atoms with Gasteiger partial charge in [0.05, 0.1) is 6.54 Å². The Kier molecular flexibility index (Phi) is 2.50. The molecule has 2 heterocycles. The first kappa shape index (κ1) is 10.1. The van der Waals surface area contributed by atoms with Crippen LogP contribution >= 0.6 is 0 Å². The number of nitrogen functional groups attached to an aromatic ring is 1. The lowest BCUT2D eigenvalue weighted by Crippen LogP contribution is -2.24. The van der Waals surface area contributed by atoms with Crippen molar-refractivity contribution >= 4 is 11.7 Å². The van der Waals surface area contributed by atoms with Crippen LogP contribution in [0.2, 0.25) is 0 Å². The van der Waals surface area contributed by atoms with E-state index >= 15 is 0 Å². The third kappa shape index (κ3) is 1.97. The van der Waals surface area contributed by atoms with Gasteiger partial charge in [0.1, 0.15) is 0 Å². The Morgan fingerprint density at radius 3 is 2.81 bits per heavy atom. The summed E-state index contributed by atoms with van der Waals surface area (Å²) >= 11 is 0. The van der Waals surface area contributed by atoms with Crippen molar-refractivity contribution in [1.29, 1.82) is 0 Å². The maximum Gasteiger partial charge on any atom is 0.277 e. The highest BCUT2D eigenvalue weighted by molar-refractivity contribution is 5.95. The molecule has 0 saturated heterocycles. The fourth-order valence-electron chi connectivity index (χ4n) is 1.00. The Morgan fingerprint density at radius 2 is 2.25 bits per heavy atom. The molecule has 0 bridgehead atoms. The highest BCUT2D eigenvalue weighted by atomic mass is 16.6. The van der Waals surface area contributed by atoms with E-state index < -0.39 is 5.91 Å². The smallest absolute Gasteiger partial charge is 0.277 e. The summed E-state index contributed by atoms with van der Waals surface area (Å²) in [5.74, 6) is 0.196. The van der Waals surface area contributed by atoms with Gasteiger partial charge in [0.15, 0.2) is 5.82 Å². The predicted molar refractivity (Wildman–Crippen MR) is 48.9 cm³/mol. The summed E-state index contributed by atoms with van der Waals surface area (Å²) in [5.41, 5.74) is 5.26. The van der Waals surface area contributed by atoms with Crippen molar-refractivity contribution in [2.75, 3.05) is 5.73 Å². The summed E-state index contributed by atoms with van der Waals surface area (Å²) < 4.78 is 9.08. The van der Waals surface area contributed by atoms with Crippen molar-refractivity contribution in [2.45, 2.75) is 13.5 Å². The van der Waals surface area contributed by atoms with E-state index in [1.54, 1.807) is 6.92 Å². The van der Waals surface area contributed by atoms with E-state index in [1.165, 1.54) is 0 Å². The molecule has 0 aromatic carbocycles. The molecule has 0 aliphatic rings. The molecular formula is C7H8N6O3. The largest absolute Gasteiger partial charge is 0.379 e. The number of hydrogen-bond acceptors (Lipinski definition) is 8. The van der Waals surface area contributed by atoms with Crippen LogP contribution in [0, 0.1) is 6.92 Å². The lowest BCUT2D eigenvalue weighted by atomic mass is 10.4. The number of aryl methyl sites for hydroxylation is 1. The number of rotatable bonds is 3. The van der Waals surface area contributed by atoms with E-state index in [4.69, 9.17) is 10.3 Å². The highest BCUT2D eigenvalue weighted by Crippen LogP contribution is 2.03. The number of nitrogens with one attached hydrogen (secondary N) is 1. The molecule has 2 aromatic rings. The summed E-state index contributed by atoms with van der Waals surface area (Å²) in [6, 6.07) is 0. The SMILES string of the molecule is Cc1noc(CNC(=O)c2nonc2N)n1. The van der Waals surface area contributed by atoms with Crippen LogP contribution in [0.4, 0.5) is 5.82 Å². The molecule has 2 rings (SSSR count). The second kappa shape index (κ2) is 3.96. The van der Waals surface area contributed by atoms with Crippen LogP contribution in [0.5, 0.6) is 0 Å². The topological polar surface area (TPSA) is 133 Å². The van der Waals surface area contributed by atoms with Gasteiger partial charge in [-0.1, -0.05) is 5.16 Å². The summed E-state index contributed by atoms with van der Waals surface area (Å²) in [4.78, 5) is 15.4. The molecule has 2 aromatic heterocycles. The molecule has 1 amide bonds. The first-order valence-electron chi connectivity index (χ1n) is 4.32. The first-order valence-corrected chi connectivity index (χ1v) is 4.32. The van der Waals surface area contributed by atoms with Gasteiger partial charge >= 0.3 is 0 Å². The molecule has 0 aliphatic carbocycles. The number of carbonyl (C=O) groups is 1. The zero-order valence-corrected chi connectivity index (χ0v) is 8.30. The van der Waals surface area contributed by atoms with Crippen LogP contribution in [0.1, 0.15) is 22.2 Å². The Bertz CT molecular complexity index is 504. The predicted octanol–water partition coefficient (Wildman–Crippen LogP) is -0.727. The number of carbonyl (C=O) groups excluding carboxylic acids is 1. The number of amides is 1. The Hall–Kier alpha value is -2.45. The molecule has 0 fully saturated rings. The van der Waals surface area contributed by atoms with E-state index in [1.807, 2.05) is 0 Å². The highest BCUT2D eigenvalue weighted by Gasteiger charge is 2.16. The quantitative estimate of drug-likeness (QED) is 0.697. The summed E-state index contributed by atoms with van der Waals surface area (Å²) in [5, 5.41) is 12.7. The van der Waals surface area contributed by atoms with Crippen molar-refractivity contribution in [3.05, 3.63) is 17.4 Å². The van der Waals surface area contributed by atoms with Gasteiger partial charge in [-0.25, -0.2) is 4.63 Å². The zero-order valence-electron chi connectivity index (χ0n) is 8.30. The minimum atomic E-state index is -0.519. The lowest BCUT2D eigenvalue weighted by molar-refractivity contribution is 0.0937. The third-order valence-corrected chi connectivity index (χ3v) is 1.70. The Morgan fingerprint density at radius 1 is 1.44 bits per heavy atom. The number of nitrogens with two attached hydrogens (primary N) is 1. The van der Waals surface area contributed by atoms with Gasteiger partial charge < -0.3 is 15.6 Å². The Balaban J connectivity index is 1.96. The van der Waals surface area contributed by atoms with E-state index in [0.717, 1.165) is 0 Å². The Labute approximate surface area is 89.0 Å². The molecule has 0 radical (unpaired) electrons. The third-order valence-electron chi connectivity index (χ3n) is 1.70. The van der Waals surface area contributed by atoms with Gasteiger partial charge in [0.2, 0.25) is 17.4 Å². The molecule has 9 heteroatoms. The maximum absolute atomic E-state index is 11.5. The van der Waals surface area contributed by atoms with Crippen LogP contribution in [-0.4, -0.2) is 26.4 Å². The van der Waals surface area contributed by atoms with E-state index in [2.05, 4.69) is 30.4 Å². The first-order chi connectivity index (χ1) is 7.66. The van der Waals surface area contributed by atoms with E-state index in [-0.39, 0.29) is 18.1 Å². The normalized spacial score (nSPS) is 10.3. The average molecular weight is 224 g/mol. The monoisotopic (exact) mass is 224 g/mol. The second-order valence-corrected chi connectivity index (χ2v) is 2.92. The van der Waals surface area contributed by atoms with Gasteiger partial charge in [-0.05, 0) is 17.2 Å². The van der Waals surface area contributed by atoms with Gasteiger partial charge in [0, 0.05) is 0 Å². The number of hydrogen-bond donors (Lipinski definition) is 2. The molecule has 0 atom stereocenters. The van der Waals surface area contributed by atoms with Gasteiger partial charge in [0.25, 0.3) is 5.91 Å². The van der Waals surface area contributed by atoms with Crippen LogP contribution in [0.25, 0.3) is 0 Å². The lowest BCUT2D eigenvalue weighted by Gasteiger charge is -1.97. The van der Waals surface area contributed by atoms with Crippen LogP contribution in [0.3, 0.4) is 0 Å². The summed E-state index contributed by atoms with van der Waals surface area (Å²) in [6.45, 7) is 1.76. The fourth-order valence-corrected chi connectivity index (χ4v) is 1.00.